The summed E-state index contributed by atoms with van der Waals surface area (Å²) in [7, 11) is -1.30. The van der Waals surface area contributed by atoms with Crippen LogP contribution >= 0.6 is 0 Å². The molecule has 4 heterocycles. The van der Waals surface area contributed by atoms with Crippen LogP contribution < -0.4 is 5.19 Å². The van der Waals surface area contributed by atoms with Crippen molar-refractivity contribution >= 4 is 57.1 Å². The zero-order valence-electron chi connectivity index (χ0n) is 32.2. The predicted octanol–water partition coefficient (Wildman–Crippen LogP) is 12.3. The van der Waals surface area contributed by atoms with E-state index in [0.29, 0.717) is 5.71 Å². The number of imidazole rings is 1. The first-order valence-corrected chi connectivity index (χ1v) is 22.6. The molecule has 6 aromatic carbocycles. The fourth-order valence-electron chi connectivity index (χ4n) is 7.56. The van der Waals surface area contributed by atoms with Gasteiger partial charge in [0.1, 0.15) is 0 Å². The van der Waals surface area contributed by atoms with E-state index >= 15 is 0 Å². The number of nitrogens with zero attached hydrogens (tertiary/aromatic N) is 4. The van der Waals surface area contributed by atoms with Crippen molar-refractivity contribution in [2.24, 2.45) is 0 Å². The molecule has 0 fully saturated rings. The van der Waals surface area contributed by atoms with Gasteiger partial charge in [0.05, 0.1) is 36.2 Å². The number of rotatable bonds is 6. The molecule has 0 aliphatic rings. The Morgan fingerprint density at radius 1 is 0.667 bits per heavy atom. The first-order valence-electron chi connectivity index (χ1n) is 19.1. The van der Waals surface area contributed by atoms with Crippen molar-refractivity contribution in [1.29, 1.82) is 0 Å². The van der Waals surface area contributed by atoms with Crippen molar-refractivity contribution in [3.63, 3.8) is 0 Å². The first kappa shape index (κ1) is 37.9. The Balaban J connectivity index is 0.000000203. The van der Waals surface area contributed by atoms with E-state index in [1.807, 2.05) is 60.7 Å². The summed E-state index contributed by atoms with van der Waals surface area (Å²) < 4.78 is 8.70. The maximum atomic E-state index is 6.48. The molecule has 1 radical (unpaired) electrons. The molecule has 0 atom stereocenters. The number of aryl methyl sites for hydroxylation is 1. The smallest absolute Gasteiger partial charge is 0.216 e. The van der Waals surface area contributed by atoms with E-state index in [4.69, 9.17) is 14.4 Å². The van der Waals surface area contributed by atoms with Crippen LogP contribution in [0.1, 0.15) is 12.5 Å². The van der Waals surface area contributed by atoms with E-state index in [-0.39, 0.29) is 20.1 Å². The Hall–Kier alpha value is -5.98. The van der Waals surface area contributed by atoms with Crippen LogP contribution in [0.5, 0.6) is 0 Å². The van der Waals surface area contributed by atoms with Gasteiger partial charge in [-0.1, -0.05) is 128 Å². The van der Waals surface area contributed by atoms with E-state index in [1.54, 1.807) is 0 Å². The number of hydrogen-bond donors (Lipinski definition) is 0. The van der Waals surface area contributed by atoms with Gasteiger partial charge in [-0.05, 0) is 53.0 Å². The second-order valence-electron chi connectivity index (χ2n) is 15.0. The summed E-state index contributed by atoms with van der Waals surface area (Å²) in [6.07, 6.45) is 3.16. The van der Waals surface area contributed by atoms with Crippen LogP contribution in [0, 0.1) is 12.1 Å². The number of fused-ring (bicyclic) bond motifs is 6. The van der Waals surface area contributed by atoms with Gasteiger partial charge in [-0.3, -0.25) is 4.98 Å². The molecule has 10 rings (SSSR count). The topological polar surface area (TPSA) is 56.7 Å². The zero-order chi connectivity index (χ0) is 38.2. The third-order valence-corrected chi connectivity index (χ3v) is 12.4. The van der Waals surface area contributed by atoms with E-state index < -0.39 is 8.07 Å². The van der Waals surface area contributed by atoms with Crippen LogP contribution in [0.4, 0.5) is 0 Å². The number of furan rings is 1. The molecule has 0 aliphatic heterocycles. The molecule has 0 spiro atoms. The average molecular weight is 933 g/mol. The van der Waals surface area contributed by atoms with Gasteiger partial charge in [0.2, 0.25) is 5.71 Å². The second-order valence-corrected chi connectivity index (χ2v) is 20.0. The van der Waals surface area contributed by atoms with Gasteiger partial charge < -0.3 is 14.0 Å². The second kappa shape index (κ2) is 15.9. The molecule has 10 aromatic rings. The number of benzene rings is 6. The average Bonchev–Trinajstić information content (AvgIpc) is 3.83. The first-order chi connectivity index (χ1) is 27.4. The van der Waals surface area contributed by atoms with E-state index in [0.717, 1.165) is 78.8 Å². The normalized spacial score (nSPS) is 11.4. The van der Waals surface area contributed by atoms with Gasteiger partial charge in [-0.25, -0.2) is 4.98 Å². The molecule has 57 heavy (non-hydrogen) atoms. The molecular weight excluding hydrogens is 893 g/mol. The van der Waals surface area contributed by atoms with Crippen molar-refractivity contribution < 1.29 is 24.5 Å². The number of hydrogen-bond acceptors (Lipinski definition) is 4. The standard InChI is InChI=1S/C34H20N3O.C16H20NSi.Ir/c1-3-11-23(12-4-1)29-21-19-27-26-16-9-17-28(32(26)38-34(27)36-29)33-35-30-20-18-22-10-7-8-15-25(22)31(30)37(33)24-13-5-2-6-14-24;1-5-13-11-15(14-9-7-6-8-10-14)17-12-16(13)18(2,3)4;/h1-16,18-21H;6-9,11-12H,5H2,1-4H3;/q2*-1;. The molecule has 7 heteroatoms. The minimum absolute atomic E-state index is 0. The molecule has 5 nitrogen and oxygen atoms in total. The Morgan fingerprint density at radius 2 is 1.42 bits per heavy atom. The third-order valence-electron chi connectivity index (χ3n) is 10.3. The van der Waals surface area contributed by atoms with Crippen LogP contribution in [0.3, 0.4) is 0 Å². The van der Waals surface area contributed by atoms with Gasteiger partial charge in [0.25, 0.3) is 0 Å². The molecule has 0 saturated heterocycles. The third kappa shape index (κ3) is 7.26. The molecule has 0 unspecified atom stereocenters. The van der Waals surface area contributed by atoms with E-state index in [2.05, 4.69) is 145 Å². The van der Waals surface area contributed by atoms with Gasteiger partial charge in [0, 0.05) is 48.3 Å². The predicted molar refractivity (Wildman–Crippen MR) is 234 cm³/mol. The summed E-state index contributed by atoms with van der Waals surface area (Å²) >= 11 is 0. The van der Waals surface area contributed by atoms with Gasteiger partial charge in [0.15, 0.2) is 0 Å². The summed E-state index contributed by atoms with van der Waals surface area (Å²) in [5.74, 6) is 0.787. The van der Waals surface area contributed by atoms with Crippen molar-refractivity contribution in [2.75, 3.05) is 0 Å². The molecule has 0 aliphatic carbocycles. The van der Waals surface area contributed by atoms with Crippen molar-refractivity contribution in [1.82, 2.24) is 19.5 Å². The Labute approximate surface area is 347 Å². The summed E-state index contributed by atoms with van der Waals surface area (Å²) in [4.78, 5) is 14.6. The van der Waals surface area contributed by atoms with Crippen LogP contribution in [-0.4, -0.2) is 27.6 Å². The molecule has 0 saturated carbocycles. The summed E-state index contributed by atoms with van der Waals surface area (Å²) in [6, 6.07) is 58.3. The molecule has 0 amide bonds. The maximum absolute atomic E-state index is 6.48. The number of aromatic nitrogens is 4. The fourth-order valence-corrected chi connectivity index (χ4v) is 9.22. The Morgan fingerprint density at radius 3 is 2.18 bits per heavy atom. The Kier molecular flexibility index (Phi) is 10.6. The quantitative estimate of drug-likeness (QED) is 0.123. The Bertz CT molecular complexity index is 2990. The van der Waals surface area contributed by atoms with E-state index in [9.17, 15) is 0 Å². The molecular formula is C50H40IrN4OSi-2. The molecule has 0 bridgehead atoms. The minimum atomic E-state index is -1.30. The monoisotopic (exact) mass is 933 g/mol. The van der Waals surface area contributed by atoms with Crippen molar-refractivity contribution in [2.45, 2.75) is 33.0 Å². The largest absolute Gasteiger partial charge is 0.486 e. The number of para-hydroxylation sites is 1. The summed E-state index contributed by atoms with van der Waals surface area (Å²) in [5.41, 5.74) is 10.7. The van der Waals surface area contributed by atoms with Crippen LogP contribution in [0.25, 0.3) is 83.5 Å². The van der Waals surface area contributed by atoms with Gasteiger partial charge >= 0.3 is 0 Å². The van der Waals surface area contributed by atoms with Gasteiger partial charge in [-0.2, -0.15) is 0 Å². The van der Waals surface area contributed by atoms with Gasteiger partial charge in [-0.15, -0.1) is 54.1 Å². The zero-order valence-corrected chi connectivity index (χ0v) is 35.6. The van der Waals surface area contributed by atoms with Crippen molar-refractivity contribution in [3.8, 4) is 39.6 Å². The van der Waals surface area contributed by atoms with Crippen LogP contribution in [-0.2, 0) is 26.5 Å². The SMILES string of the molecule is CCc1cc(-c2[c-]cccc2)ncc1[Si](C)(C)C.[Ir].[c-]1ccc2c(oc3nc(-c4ccccc4)ccc32)c1-c1nc2ccc3ccccc3c2n1-c1ccccc1. The summed E-state index contributed by atoms with van der Waals surface area (Å²) in [6.45, 7) is 9.34. The molecule has 4 aromatic heterocycles. The minimum Gasteiger partial charge on any atom is -0.486 e. The van der Waals surface area contributed by atoms with Crippen LogP contribution in [0.2, 0.25) is 19.6 Å². The fraction of sp³-hybridized carbons (Fsp3) is 0.100. The molecule has 281 valence electrons. The molecule has 0 N–H and O–H groups in total. The van der Waals surface area contributed by atoms with Crippen LogP contribution in [0.15, 0.2) is 162 Å². The van der Waals surface area contributed by atoms with Crippen molar-refractivity contribution in [3.05, 3.63) is 176 Å². The maximum Gasteiger partial charge on any atom is 0.216 e. The van der Waals surface area contributed by atoms with E-state index in [1.165, 1.54) is 16.1 Å². The number of pyridine rings is 2. The summed E-state index contributed by atoms with van der Waals surface area (Å²) in [5, 5.41) is 5.77.